The van der Waals surface area contributed by atoms with Gasteiger partial charge in [-0.15, -0.1) is 0 Å². The van der Waals surface area contributed by atoms with Crippen molar-refractivity contribution < 1.29 is 9.84 Å². The number of aromatic hydroxyl groups is 1. The van der Waals surface area contributed by atoms with Gasteiger partial charge in [-0.05, 0) is 55.9 Å². The van der Waals surface area contributed by atoms with Crippen molar-refractivity contribution in [3.8, 4) is 11.5 Å². The number of phenols is 1. The van der Waals surface area contributed by atoms with Crippen molar-refractivity contribution in [1.29, 1.82) is 0 Å². The lowest BCUT2D eigenvalue weighted by molar-refractivity contribution is 0.268. The molecule has 0 saturated carbocycles. The van der Waals surface area contributed by atoms with Gasteiger partial charge in [0, 0.05) is 18.7 Å². The highest BCUT2D eigenvalue weighted by molar-refractivity contribution is 7.80. The number of benzene rings is 2. The molecule has 1 fully saturated rings. The Labute approximate surface area is 155 Å². The minimum Gasteiger partial charge on any atom is -0.504 e. The summed E-state index contributed by atoms with van der Waals surface area (Å²) < 4.78 is 5.47. The second kappa shape index (κ2) is 8.34. The fourth-order valence-electron chi connectivity index (χ4n) is 3.39. The first-order valence-corrected chi connectivity index (χ1v) is 9.37. The molecule has 0 unspecified atom stereocenters. The van der Waals surface area contributed by atoms with Crippen molar-refractivity contribution in [2.75, 3.05) is 19.7 Å². The third-order valence-corrected chi connectivity index (χ3v) is 5.27. The van der Waals surface area contributed by atoms with Crippen LogP contribution in [0.15, 0.2) is 48.5 Å². The van der Waals surface area contributed by atoms with Crippen LogP contribution in [-0.2, 0) is 6.42 Å². The molecule has 0 aliphatic carbocycles. The third-order valence-electron chi connectivity index (χ3n) is 4.78. The predicted molar refractivity (Wildman–Crippen MR) is 105 cm³/mol. The van der Waals surface area contributed by atoms with Crippen molar-refractivity contribution in [1.82, 2.24) is 4.90 Å². The Hall–Kier alpha value is -2.07. The second-order valence-electron chi connectivity index (χ2n) is 6.54. The van der Waals surface area contributed by atoms with Gasteiger partial charge in [-0.3, -0.25) is 0 Å². The molecule has 1 N–H and O–H groups in total. The van der Waals surface area contributed by atoms with Crippen molar-refractivity contribution in [2.45, 2.75) is 26.2 Å². The van der Waals surface area contributed by atoms with Crippen LogP contribution in [0.4, 0.5) is 0 Å². The van der Waals surface area contributed by atoms with E-state index in [2.05, 4.69) is 35.2 Å². The standard InChI is InChI=1S/C21H25NO2S/c1-2-24-20-15-18(8-9-19(20)23)21(25)22-12-10-17(11-13-22)14-16-6-4-3-5-7-16/h3-9,15,17,23H,2,10-14H2,1H3. The molecule has 132 valence electrons. The van der Waals surface area contributed by atoms with E-state index in [1.807, 2.05) is 19.1 Å². The fourth-order valence-corrected chi connectivity index (χ4v) is 3.70. The van der Waals surface area contributed by atoms with Gasteiger partial charge >= 0.3 is 0 Å². The molecular formula is C21H25NO2S. The quantitative estimate of drug-likeness (QED) is 0.805. The summed E-state index contributed by atoms with van der Waals surface area (Å²) in [6.07, 6.45) is 3.46. The highest BCUT2D eigenvalue weighted by Gasteiger charge is 2.22. The van der Waals surface area contributed by atoms with Gasteiger partial charge in [0.15, 0.2) is 11.5 Å². The Morgan fingerprint density at radius 2 is 1.88 bits per heavy atom. The minimum atomic E-state index is 0.162. The first-order chi connectivity index (χ1) is 12.2. The van der Waals surface area contributed by atoms with E-state index in [1.165, 1.54) is 5.56 Å². The van der Waals surface area contributed by atoms with E-state index in [0.29, 0.717) is 12.4 Å². The molecule has 2 aromatic carbocycles. The Morgan fingerprint density at radius 3 is 2.56 bits per heavy atom. The smallest absolute Gasteiger partial charge is 0.161 e. The highest BCUT2D eigenvalue weighted by Crippen LogP contribution is 2.29. The van der Waals surface area contributed by atoms with Crippen LogP contribution in [0, 0.1) is 5.92 Å². The SMILES string of the molecule is CCOc1cc(C(=S)N2CCC(Cc3ccccc3)CC2)ccc1O. The topological polar surface area (TPSA) is 32.7 Å². The lowest BCUT2D eigenvalue weighted by Gasteiger charge is -2.34. The number of piperidine rings is 1. The summed E-state index contributed by atoms with van der Waals surface area (Å²) in [5, 5.41) is 9.85. The summed E-state index contributed by atoms with van der Waals surface area (Å²) in [4.78, 5) is 3.12. The fraction of sp³-hybridized carbons (Fsp3) is 0.381. The Bertz CT molecular complexity index is 709. The van der Waals surface area contributed by atoms with Crippen molar-refractivity contribution >= 4 is 17.2 Å². The predicted octanol–water partition coefficient (Wildman–Crippen LogP) is 4.42. The van der Waals surface area contributed by atoms with E-state index in [1.54, 1.807) is 6.07 Å². The molecule has 1 aliphatic rings. The molecule has 4 heteroatoms. The lowest BCUT2D eigenvalue weighted by Crippen LogP contribution is -2.38. The molecular weight excluding hydrogens is 330 g/mol. The summed E-state index contributed by atoms with van der Waals surface area (Å²) in [5.41, 5.74) is 2.36. The summed E-state index contributed by atoms with van der Waals surface area (Å²) in [7, 11) is 0. The third kappa shape index (κ3) is 4.51. The van der Waals surface area contributed by atoms with Crippen molar-refractivity contribution in [2.24, 2.45) is 5.92 Å². The van der Waals surface area contributed by atoms with Gasteiger partial charge in [-0.25, -0.2) is 0 Å². The van der Waals surface area contributed by atoms with Crippen LogP contribution >= 0.6 is 12.2 Å². The first kappa shape index (κ1) is 17.7. The highest BCUT2D eigenvalue weighted by atomic mass is 32.1. The maximum atomic E-state index is 9.85. The lowest BCUT2D eigenvalue weighted by atomic mass is 9.90. The number of thiocarbonyl (C=S) groups is 1. The van der Waals surface area contributed by atoms with Crippen LogP contribution in [-0.4, -0.2) is 34.7 Å². The maximum Gasteiger partial charge on any atom is 0.161 e. The van der Waals surface area contributed by atoms with Crippen molar-refractivity contribution in [3.05, 3.63) is 59.7 Å². The first-order valence-electron chi connectivity index (χ1n) is 8.96. The Kier molecular flexibility index (Phi) is 5.92. The Morgan fingerprint density at radius 1 is 1.16 bits per heavy atom. The normalized spacial score (nSPS) is 15.2. The Balaban J connectivity index is 1.59. The van der Waals surface area contributed by atoms with Crippen LogP contribution in [0.25, 0.3) is 0 Å². The number of hydrogen-bond donors (Lipinski definition) is 1. The number of phenolic OH excluding ortho intramolecular Hbond substituents is 1. The zero-order valence-corrected chi connectivity index (χ0v) is 15.5. The van der Waals surface area contributed by atoms with Gasteiger partial charge in [-0.1, -0.05) is 42.5 Å². The number of rotatable bonds is 5. The van der Waals surface area contributed by atoms with Gasteiger partial charge in [0.25, 0.3) is 0 Å². The summed E-state index contributed by atoms with van der Waals surface area (Å²) in [6, 6.07) is 16.1. The monoisotopic (exact) mass is 355 g/mol. The van der Waals surface area contributed by atoms with E-state index < -0.39 is 0 Å². The average molecular weight is 356 g/mol. The molecule has 25 heavy (non-hydrogen) atoms. The molecule has 0 aromatic heterocycles. The maximum absolute atomic E-state index is 9.85. The zero-order chi connectivity index (χ0) is 17.6. The molecule has 0 bridgehead atoms. The van der Waals surface area contributed by atoms with Gasteiger partial charge in [-0.2, -0.15) is 0 Å². The van der Waals surface area contributed by atoms with Crippen LogP contribution in [0.1, 0.15) is 30.9 Å². The number of ether oxygens (including phenoxy) is 1. The molecule has 1 saturated heterocycles. The summed E-state index contributed by atoms with van der Waals surface area (Å²) >= 11 is 5.68. The van der Waals surface area contributed by atoms with Crippen LogP contribution < -0.4 is 4.74 Å². The molecule has 3 rings (SSSR count). The largest absolute Gasteiger partial charge is 0.504 e. The van der Waals surface area contributed by atoms with Crippen LogP contribution in [0.2, 0.25) is 0 Å². The average Bonchev–Trinajstić information content (AvgIpc) is 2.65. The molecule has 0 amide bonds. The number of hydrogen-bond acceptors (Lipinski definition) is 3. The van der Waals surface area contributed by atoms with Gasteiger partial charge in [0.1, 0.15) is 4.99 Å². The molecule has 0 spiro atoms. The van der Waals surface area contributed by atoms with E-state index in [0.717, 1.165) is 48.8 Å². The van der Waals surface area contributed by atoms with Crippen LogP contribution in [0.3, 0.4) is 0 Å². The zero-order valence-electron chi connectivity index (χ0n) is 14.6. The second-order valence-corrected chi connectivity index (χ2v) is 6.93. The molecule has 2 aromatic rings. The van der Waals surface area contributed by atoms with Crippen LogP contribution in [0.5, 0.6) is 11.5 Å². The summed E-state index contributed by atoms with van der Waals surface area (Å²) in [6.45, 7) is 4.40. The van der Waals surface area contributed by atoms with Gasteiger partial charge in [0.2, 0.25) is 0 Å². The number of nitrogens with zero attached hydrogens (tertiary/aromatic N) is 1. The molecule has 1 aliphatic heterocycles. The number of likely N-dealkylation sites (tertiary alicyclic amines) is 1. The minimum absolute atomic E-state index is 0.162. The molecule has 0 atom stereocenters. The molecule has 3 nitrogen and oxygen atoms in total. The van der Waals surface area contributed by atoms with Crippen molar-refractivity contribution in [3.63, 3.8) is 0 Å². The van der Waals surface area contributed by atoms with Gasteiger partial charge < -0.3 is 14.7 Å². The van der Waals surface area contributed by atoms with E-state index >= 15 is 0 Å². The molecule has 1 heterocycles. The summed E-state index contributed by atoms with van der Waals surface area (Å²) in [5.74, 6) is 1.39. The molecule has 0 radical (unpaired) electrons. The van der Waals surface area contributed by atoms with E-state index in [-0.39, 0.29) is 5.75 Å². The van der Waals surface area contributed by atoms with E-state index in [9.17, 15) is 5.11 Å². The van der Waals surface area contributed by atoms with E-state index in [4.69, 9.17) is 17.0 Å². The van der Waals surface area contributed by atoms with Gasteiger partial charge in [0.05, 0.1) is 6.61 Å².